The second-order valence-corrected chi connectivity index (χ2v) is 8.87. The number of thioether (sulfide) groups is 1. The van der Waals surface area contributed by atoms with Crippen molar-refractivity contribution in [2.45, 2.75) is 11.8 Å². The first kappa shape index (κ1) is 21.4. The number of thiophene rings is 1. The molecule has 0 aliphatic rings. The molecule has 11 heteroatoms. The van der Waals surface area contributed by atoms with Gasteiger partial charge < -0.3 is 19.1 Å². The topological polar surface area (TPSA) is 101 Å². The first-order valence-electron chi connectivity index (χ1n) is 9.18. The van der Waals surface area contributed by atoms with Gasteiger partial charge in [-0.3, -0.25) is 9.59 Å². The summed E-state index contributed by atoms with van der Waals surface area (Å²) in [4.78, 5) is 26.3. The van der Waals surface area contributed by atoms with E-state index in [-0.39, 0.29) is 35.9 Å². The van der Waals surface area contributed by atoms with Crippen LogP contribution in [0.15, 0.2) is 56.7 Å². The molecule has 160 valence electrons. The zero-order valence-corrected chi connectivity index (χ0v) is 18.7. The molecule has 0 atom stereocenters. The molecule has 0 radical (unpaired) electrons. The standard InChI is InChI=1S/C20H17ClN4O4S2/c1-25(10-15(26)22-9-12-5-4-8-28-12)16(27)11-30-20-24-23-19(29-20)18-17(21)13-6-2-3-7-14(13)31-18/h2-8H,9-11H2,1H3,(H,22,26). The van der Waals surface area contributed by atoms with Crippen molar-refractivity contribution in [1.82, 2.24) is 20.4 Å². The molecule has 8 nitrogen and oxygen atoms in total. The van der Waals surface area contributed by atoms with Gasteiger partial charge in [0, 0.05) is 17.1 Å². The summed E-state index contributed by atoms with van der Waals surface area (Å²) >= 11 is 9.02. The quantitative estimate of drug-likeness (QED) is 0.382. The van der Waals surface area contributed by atoms with Crippen molar-refractivity contribution in [2.75, 3.05) is 19.3 Å². The molecule has 3 heterocycles. The van der Waals surface area contributed by atoms with E-state index in [0.717, 1.165) is 21.8 Å². The lowest BCUT2D eigenvalue weighted by atomic mass is 10.2. The van der Waals surface area contributed by atoms with Gasteiger partial charge in [0.2, 0.25) is 11.8 Å². The Balaban J connectivity index is 1.30. The van der Waals surface area contributed by atoms with Gasteiger partial charge in [-0.05, 0) is 18.2 Å². The number of aromatic nitrogens is 2. The summed E-state index contributed by atoms with van der Waals surface area (Å²) in [6, 6.07) is 11.3. The highest BCUT2D eigenvalue weighted by Crippen LogP contribution is 2.41. The Morgan fingerprint density at radius 3 is 2.84 bits per heavy atom. The van der Waals surface area contributed by atoms with E-state index in [0.29, 0.717) is 21.6 Å². The maximum absolute atomic E-state index is 12.3. The Kier molecular flexibility index (Phi) is 6.59. The second kappa shape index (κ2) is 9.54. The number of carbonyl (C=O) groups is 2. The van der Waals surface area contributed by atoms with Crippen molar-refractivity contribution in [3.05, 3.63) is 53.4 Å². The molecule has 3 aromatic heterocycles. The number of amides is 2. The summed E-state index contributed by atoms with van der Waals surface area (Å²) < 4.78 is 11.9. The third-order valence-electron chi connectivity index (χ3n) is 4.30. The van der Waals surface area contributed by atoms with Gasteiger partial charge in [0.15, 0.2) is 0 Å². The molecule has 4 aromatic rings. The molecule has 2 amide bonds. The average molecular weight is 477 g/mol. The predicted molar refractivity (Wildman–Crippen MR) is 119 cm³/mol. The van der Waals surface area contributed by atoms with Crippen molar-refractivity contribution in [3.63, 3.8) is 0 Å². The van der Waals surface area contributed by atoms with Crippen LogP contribution in [-0.2, 0) is 16.1 Å². The number of halogens is 1. The number of likely N-dealkylation sites (N-methyl/N-ethyl adjacent to an activating group) is 1. The minimum atomic E-state index is -0.281. The van der Waals surface area contributed by atoms with Gasteiger partial charge in [-0.1, -0.05) is 41.6 Å². The molecule has 0 fully saturated rings. The summed E-state index contributed by atoms with van der Waals surface area (Å²) in [5, 5.41) is 12.5. The fraction of sp³-hybridized carbons (Fsp3) is 0.200. The van der Waals surface area contributed by atoms with Crippen LogP contribution in [0.2, 0.25) is 5.02 Å². The number of hydrogen-bond donors (Lipinski definition) is 1. The minimum absolute atomic E-state index is 0.0593. The molecular weight excluding hydrogens is 460 g/mol. The number of benzene rings is 1. The van der Waals surface area contributed by atoms with Crippen LogP contribution in [0.4, 0.5) is 0 Å². The molecule has 0 saturated carbocycles. The lowest BCUT2D eigenvalue weighted by Gasteiger charge is -2.15. The molecule has 0 spiro atoms. The second-order valence-electron chi connectivity index (χ2n) is 6.51. The number of rotatable bonds is 8. The lowest BCUT2D eigenvalue weighted by molar-refractivity contribution is -0.132. The maximum atomic E-state index is 12.3. The summed E-state index contributed by atoms with van der Waals surface area (Å²) in [7, 11) is 1.56. The van der Waals surface area contributed by atoms with Gasteiger partial charge in [0.1, 0.15) is 10.6 Å². The number of furan rings is 1. The van der Waals surface area contributed by atoms with Crippen molar-refractivity contribution >= 4 is 56.6 Å². The maximum Gasteiger partial charge on any atom is 0.277 e. The van der Waals surface area contributed by atoms with Crippen LogP contribution in [0.1, 0.15) is 5.76 Å². The fourth-order valence-corrected chi connectivity index (χ4v) is 4.84. The molecule has 4 rings (SSSR count). The van der Waals surface area contributed by atoms with Gasteiger partial charge in [-0.2, -0.15) is 0 Å². The Labute approximate surface area is 190 Å². The van der Waals surface area contributed by atoms with E-state index in [9.17, 15) is 9.59 Å². The minimum Gasteiger partial charge on any atom is -0.467 e. The third kappa shape index (κ3) is 5.09. The van der Waals surface area contributed by atoms with Crippen molar-refractivity contribution in [2.24, 2.45) is 0 Å². The zero-order chi connectivity index (χ0) is 21.8. The summed E-state index contributed by atoms with van der Waals surface area (Å²) in [5.41, 5.74) is 0. The van der Waals surface area contributed by atoms with Gasteiger partial charge in [-0.25, -0.2) is 0 Å². The SMILES string of the molecule is CN(CC(=O)NCc1ccco1)C(=O)CSc1nnc(-c2sc3ccccc3c2Cl)o1. The van der Waals surface area contributed by atoms with Crippen molar-refractivity contribution < 1.29 is 18.4 Å². The Bertz CT molecular complexity index is 1210. The average Bonchev–Trinajstić information content (AvgIpc) is 3.51. The van der Waals surface area contributed by atoms with Crippen LogP contribution in [0.5, 0.6) is 0 Å². The molecule has 0 bridgehead atoms. The molecular formula is C20H17ClN4O4S2. The highest BCUT2D eigenvalue weighted by molar-refractivity contribution is 7.99. The van der Waals surface area contributed by atoms with E-state index < -0.39 is 0 Å². The number of carbonyl (C=O) groups excluding carboxylic acids is 2. The van der Waals surface area contributed by atoms with E-state index in [2.05, 4.69) is 15.5 Å². The molecule has 0 unspecified atom stereocenters. The van der Waals surface area contributed by atoms with Crippen LogP contribution in [0, 0.1) is 0 Å². The Hall–Kier alpha value is -2.82. The van der Waals surface area contributed by atoms with E-state index in [1.165, 1.54) is 22.5 Å². The number of nitrogens with one attached hydrogen (secondary N) is 1. The smallest absolute Gasteiger partial charge is 0.277 e. The predicted octanol–water partition coefficient (Wildman–Crippen LogP) is 4.06. The number of nitrogens with zero attached hydrogens (tertiary/aromatic N) is 3. The number of fused-ring (bicyclic) bond motifs is 1. The number of hydrogen-bond acceptors (Lipinski definition) is 8. The normalized spacial score (nSPS) is 11.0. The summed E-state index contributed by atoms with van der Waals surface area (Å²) in [5.74, 6) is 0.495. The summed E-state index contributed by atoms with van der Waals surface area (Å²) in [6.07, 6.45) is 1.53. The van der Waals surface area contributed by atoms with E-state index >= 15 is 0 Å². The first-order chi connectivity index (χ1) is 15.0. The molecule has 0 aliphatic carbocycles. The zero-order valence-electron chi connectivity index (χ0n) is 16.3. The first-order valence-corrected chi connectivity index (χ1v) is 11.4. The molecule has 1 N–H and O–H groups in total. The Morgan fingerprint density at radius 2 is 2.06 bits per heavy atom. The molecule has 0 aliphatic heterocycles. The molecule has 0 saturated heterocycles. The van der Waals surface area contributed by atoms with Crippen LogP contribution in [0.25, 0.3) is 20.9 Å². The Morgan fingerprint density at radius 1 is 1.23 bits per heavy atom. The largest absolute Gasteiger partial charge is 0.467 e. The van der Waals surface area contributed by atoms with Gasteiger partial charge in [0.05, 0.1) is 30.1 Å². The van der Waals surface area contributed by atoms with Gasteiger partial charge in [0.25, 0.3) is 11.1 Å². The van der Waals surface area contributed by atoms with Crippen LogP contribution < -0.4 is 5.32 Å². The highest BCUT2D eigenvalue weighted by Gasteiger charge is 2.19. The monoisotopic (exact) mass is 476 g/mol. The fourth-order valence-electron chi connectivity index (χ4n) is 2.70. The van der Waals surface area contributed by atoms with E-state index in [4.69, 9.17) is 20.4 Å². The van der Waals surface area contributed by atoms with Crippen LogP contribution in [0.3, 0.4) is 0 Å². The van der Waals surface area contributed by atoms with Gasteiger partial charge in [-0.15, -0.1) is 21.5 Å². The van der Waals surface area contributed by atoms with Crippen LogP contribution >= 0.6 is 34.7 Å². The lowest BCUT2D eigenvalue weighted by Crippen LogP contribution is -2.38. The third-order valence-corrected chi connectivity index (χ3v) is 6.77. The highest BCUT2D eigenvalue weighted by atomic mass is 35.5. The molecule has 31 heavy (non-hydrogen) atoms. The van der Waals surface area contributed by atoms with E-state index in [1.54, 1.807) is 19.2 Å². The summed E-state index contributed by atoms with van der Waals surface area (Å²) in [6.45, 7) is 0.209. The van der Waals surface area contributed by atoms with Crippen molar-refractivity contribution in [1.29, 1.82) is 0 Å². The molecule has 1 aromatic carbocycles. The van der Waals surface area contributed by atoms with E-state index in [1.807, 2.05) is 24.3 Å². The van der Waals surface area contributed by atoms with Crippen LogP contribution in [-0.4, -0.2) is 46.3 Å². The van der Waals surface area contributed by atoms with Crippen molar-refractivity contribution in [3.8, 4) is 10.8 Å². The van der Waals surface area contributed by atoms with Gasteiger partial charge >= 0.3 is 0 Å².